The molecule has 0 amide bonds. The summed E-state index contributed by atoms with van der Waals surface area (Å²) in [4.78, 5) is 2.16. The van der Waals surface area contributed by atoms with Crippen LogP contribution >= 0.6 is 0 Å². The van der Waals surface area contributed by atoms with Crippen molar-refractivity contribution in [2.24, 2.45) is 0 Å². The minimum Gasteiger partial charge on any atom is -0.354 e. The molecule has 1 unspecified atom stereocenters. The summed E-state index contributed by atoms with van der Waals surface area (Å²) in [5.74, 6) is 0.749. The van der Waals surface area contributed by atoms with Crippen LogP contribution < -0.4 is 10.2 Å². The Morgan fingerprint density at radius 1 is 1.24 bits per heavy atom. The van der Waals surface area contributed by atoms with E-state index in [9.17, 15) is 5.26 Å². The molecule has 5 heteroatoms. The smallest absolute Gasteiger partial charge is 0.169 e. The third-order valence-corrected chi connectivity index (χ3v) is 4.37. The maximum absolute atomic E-state index is 9.60. The lowest BCUT2D eigenvalue weighted by Crippen LogP contribution is -2.34. The lowest BCUT2D eigenvalue weighted by Gasteiger charge is -2.29. The van der Waals surface area contributed by atoms with Crippen LogP contribution in [0.25, 0.3) is 0 Å². The van der Waals surface area contributed by atoms with Gasteiger partial charge in [-0.2, -0.15) is 10.4 Å². The van der Waals surface area contributed by atoms with Gasteiger partial charge in [0.05, 0.1) is 5.69 Å². The number of rotatable bonds is 4. The molecule has 1 aliphatic rings. The normalized spacial score (nSPS) is 18.9. The van der Waals surface area contributed by atoms with E-state index in [1.807, 2.05) is 7.05 Å². The highest BCUT2D eigenvalue weighted by atomic mass is 15.3. The number of hydrogen-bond donors (Lipinski definition) is 1. The number of nitrogens with one attached hydrogen (secondary N) is 1. The lowest BCUT2D eigenvalue weighted by molar-refractivity contribution is 0.559. The van der Waals surface area contributed by atoms with Crippen LogP contribution in [0.4, 0.5) is 5.82 Å². The summed E-state index contributed by atoms with van der Waals surface area (Å²) in [5.41, 5.74) is 2.72. The maximum Gasteiger partial charge on any atom is 0.169 e. The highest BCUT2D eigenvalue weighted by Gasteiger charge is 2.23. The average Bonchev–Trinajstić information content (AvgIpc) is 2.81. The van der Waals surface area contributed by atoms with Crippen LogP contribution in [0.5, 0.6) is 0 Å². The Kier molecular flexibility index (Phi) is 5.51. The predicted molar refractivity (Wildman–Crippen MR) is 84.4 cm³/mol. The molecule has 1 atom stereocenters. The number of nitrogens with zero attached hydrogens (tertiary/aromatic N) is 4. The Bertz CT molecular complexity index is 512. The van der Waals surface area contributed by atoms with Gasteiger partial charge in [-0.05, 0) is 50.8 Å². The number of aryl methyl sites for hydroxylation is 1. The van der Waals surface area contributed by atoms with Gasteiger partial charge in [0, 0.05) is 13.1 Å². The molecule has 1 aromatic rings. The van der Waals surface area contributed by atoms with E-state index >= 15 is 0 Å². The molecule has 0 radical (unpaired) electrons. The van der Waals surface area contributed by atoms with Crippen LogP contribution in [0.15, 0.2) is 0 Å². The van der Waals surface area contributed by atoms with Crippen molar-refractivity contribution in [3.05, 3.63) is 16.8 Å². The van der Waals surface area contributed by atoms with Crippen LogP contribution in [0, 0.1) is 11.3 Å². The van der Waals surface area contributed by atoms with Crippen molar-refractivity contribution in [1.82, 2.24) is 15.5 Å². The Morgan fingerprint density at radius 3 is 2.71 bits per heavy atom. The van der Waals surface area contributed by atoms with E-state index in [0.717, 1.165) is 62.3 Å². The first-order valence-corrected chi connectivity index (χ1v) is 7.94. The Balaban J connectivity index is 2.36. The van der Waals surface area contributed by atoms with Crippen LogP contribution in [0.2, 0.25) is 0 Å². The highest BCUT2D eigenvalue weighted by Crippen LogP contribution is 2.26. The Morgan fingerprint density at radius 2 is 2.05 bits per heavy atom. The highest BCUT2D eigenvalue weighted by molar-refractivity contribution is 5.58. The number of nitriles is 1. The van der Waals surface area contributed by atoms with E-state index < -0.39 is 0 Å². The molecular formula is C16H25N5. The number of aromatic nitrogens is 2. The van der Waals surface area contributed by atoms with E-state index in [1.54, 1.807) is 0 Å². The number of anilines is 1. The fourth-order valence-corrected chi connectivity index (χ4v) is 3.09. The summed E-state index contributed by atoms with van der Waals surface area (Å²) in [6.45, 7) is 6.25. The van der Waals surface area contributed by atoms with E-state index in [1.165, 1.54) is 0 Å². The molecule has 1 fully saturated rings. The fraction of sp³-hybridized carbons (Fsp3) is 0.688. The Hall–Kier alpha value is -1.67. The van der Waals surface area contributed by atoms with Crippen LogP contribution in [0.1, 0.15) is 49.9 Å². The summed E-state index contributed by atoms with van der Waals surface area (Å²) in [7, 11) is 2.05. The van der Waals surface area contributed by atoms with Gasteiger partial charge in [-0.3, -0.25) is 0 Å². The van der Waals surface area contributed by atoms with Gasteiger partial charge in [-0.25, -0.2) is 0 Å². The molecule has 0 spiro atoms. The molecule has 1 aliphatic heterocycles. The zero-order valence-electron chi connectivity index (χ0n) is 13.3. The molecule has 2 rings (SSSR count). The van der Waals surface area contributed by atoms with Crippen molar-refractivity contribution < 1.29 is 0 Å². The summed E-state index contributed by atoms with van der Waals surface area (Å²) in [5, 5.41) is 21.7. The lowest BCUT2D eigenvalue weighted by atomic mass is 10.0. The third-order valence-electron chi connectivity index (χ3n) is 4.37. The quantitative estimate of drug-likeness (QED) is 0.918. The van der Waals surface area contributed by atoms with Gasteiger partial charge in [0.15, 0.2) is 5.82 Å². The van der Waals surface area contributed by atoms with E-state index in [4.69, 9.17) is 0 Å². The molecule has 0 saturated carbocycles. The van der Waals surface area contributed by atoms with Crippen molar-refractivity contribution >= 4 is 5.82 Å². The molecule has 0 bridgehead atoms. The molecule has 1 aromatic heterocycles. The van der Waals surface area contributed by atoms with Gasteiger partial charge in [0.25, 0.3) is 0 Å². The minimum atomic E-state index is 0.429. The van der Waals surface area contributed by atoms with Crippen LogP contribution in [-0.2, 0) is 12.8 Å². The SMILES string of the molecule is CCc1nnc(N(C)C2CCCNCC2)c(C#N)c1CC. The first-order valence-electron chi connectivity index (χ1n) is 7.94. The van der Waals surface area contributed by atoms with Crippen LogP contribution in [0.3, 0.4) is 0 Å². The van der Waals surface area contributed by atoms with Crippen molar-refractivity contribution in [2.45, 2.75) is 52.0 Å². The molecule has 114 valence electrons. The topological polar surface area (TPSA) is 64.8 Å². The van der Waals surface area contributed by atoms with Crippen molar-refractivity contribution in [3.8, 4) is 6.07 Å². The fourth-order valence-electron chi connectivity index (χ4n) is 3.09. The standard InChI is InChI=1S/C16H25N5/c1-4-13-14(11-17)16(20-19-15(13)5-2)21(3)12-7-6-9-18-10-8-12/h12,18H,4-10H2,1-3H3. The van der Waals surface area contributed by atoms with E-state index in [-0.39, 0.29) is 0 Å². The average molecular weight is 287 g/mol. The second kappa shape index (κ2) is 7.37. The monoisotopic (exact) mass is 287 g/mol. The molecule has 2 heterocycles. The van der Waals surface area contributed by atoms with E-state index in [0.29, 0.717) is 11.6 Å². The van der Waals surface area contributed by atoms with Gasteiger partial charge in [0.2, 0.25) is 0 Å². The van der Waals surface area contributed by atoms with Gasteiger partial charge in [0.1, 0.15) is 11.6 Å². The predicted octanol–water partition coefficient (Wildman–Crippen LogP) is 2.05. The van der Waals surface area contributed by atoms with Crippen molar-refractivity contribution in [1.29, 1.82) is 5.26 Å². The largest absolute Gasteiger partial charge is 0.354 e. The van der Waals surface area contributed by atoms with E-state index in [2.05, 4.69) is 40.3 Å². The molecule has 1 N–H and O–H groups in total. The first-order chi connectivity index (χ1) is 10.2. The minimum absolute atomic E-state index is 0.429. The zero-order chi connectivity index (χ0) is 15.2. The zero-order valence-corrected chi connectivity index (χ0v) is 13.3. The van der Waals surface area contributed by atoms with Gasteiger partial charge < -0.3 is 10.2 Å². The van der Waals surface area contributed by atoms with Gasteiger partial charge in [-0.1, -0.05) is 13.8 Å². The molecule has 0 aliphatic carbocycles. The van der Waals surface area contributed by atoms with Gasteiger partial charge in [-0.15, -0.1) is 5.10 Å². The summed E-state index contributed by atoms with van der Waals surface area (Å²) >= 11 is 0. The molecule has 0 aromatic carbocycles. The molecular weight excluding hydrogens is 262 g/mol. The second-order valence-corrected chi connectivity index (χ2v) is 5.59. The van der Waals surface area contributed by atoms with Crippen LogP contribution in [-0.4, -0.2) is 36.4 Å². The summed E-state index contributed by atoms with van der Waals surface area (Å²) in [6.07, 6.45) is 5.03. The van der Waals surface area contributed by atoms with Crippen molar-refractivity contribution in [2.75, 3.05) is 25.0 Å². The third kappa shape index (κ3) is 3.33. The number of hydrogen-bond acceptors (Lipinski definition) is 5. The molecule has 1 saturated heterocycles. The van der Waals surface area contributed by atoms with Gasteiger partial charge >= 0.3 is 0 Å². The maximum atomic E-state index is 9.60. The first kappa shape index (κ1) is 15.7. The Labute approximate surface area is 127 Å². The second-order valence-electron chi connectivity index (χ2n) is 5.59. The molecule has 5 nitrogen and oxygen atoms in total. The summed E-state index contributed by atoms with van der Waals surface area (Å²) in [6, 6.07) is 2.79. The van der Waals surface area contributed by atoms with Crippen molar-refractivity contribution in [3.63, 3.8) is 0 Å². The molecule has 21 heavy (non-hydrogen) atoms. The summed E-state index contributed by atoms with van der Waals surface area (Å²) < 4.78 is 0.